The third kappa shape index (κ3) is 6.08. The van der Waals surface area contributed by atoms with Gasteiger partial charge in [0, 0.05) is 65.2 Å². The maximum atomic E-state index is 14.4. The molecule has 3 heterocycles. The summed E-state index contributed by atoms with van der Waals surface area (Å²) in [6.07, 6.45) is 9.26. The Hall–Kier alpha value is -3.68. The predicted octanol–water partition coefficient (Wildman–Crippen LogP) is 4.15. The molecule has 2 unspecified atom stereocenters. The highest BCUT2D eigenvalue weighted by Crippen LogP contribution is 2.45. The van der Waals surface area contributed by atoms with E-state index in [0.717, 1.165) is 75.6 Å². The van der Waals surface area contributed by atoms with Crippen molar-refractivity contribution in [3.05, 3.63) is 95.7 Å². The highest BCUT2D eigenvalue weighted by atomic mass is 16.5. The van der Waals surface area contributed by atoms with Gasteiger partial charge < -0.3 is 19.4 Å². The van der Waals surface area contributed by atoms with Crippen molar-refractivity contribution in [1.82, 2.24) is 19.6 Å². The normalized spacial score (nSPS) is 22.5. The van der Waals surface area contributed by atoms with Gasteiger partial charge in [0.25, 0.3) is 5.91 Å². The van der Waals surface area contributed by atoms with E-state index in [1.54, 1.807) is 0 Å². The predicted molar refractivity (Wildman–Crippen MR) is 166 cm³/mol. The number of ether oxygens (including phenoxy) is 1. The summed E-state index contributed by atoms with van der Waals surface area (Å²) in [6, 6.07) is 21.0. The molecule has 6 rings (SSSR count). The van der Waals surface area contributed by atoms with Crippen molar-refractivity contribution in [1.29, 1.82) is 0 Å². The molecule has 2 aromatic rings. The van der Waals surface area contributed by atoms with Gasteiger partial charge in [-0.3, -0.25) is 14.5 Å². The molecular formula is C35H42N4O3. The fraction of sp³-hybridized carbons (Fsp3) is 0.429. The van der Waals surface area contributed by atoms with Gasteiger partial charge in [0.05, 0.1) is 19.3 Å². The Morgan fingerprint density at radius 1 is 0.929 bits per heavy atom. The van der Waals surface area contributed by atoms with E-state index in [-0.39, 0.29) is 23.8 Å². The molecule has 2 saturated heterocycles. The van der Waals surface area contributed by atoms with E-state index in [9.17, 15) is 9.59 Å². The molecule has 3 aliphatic heterocycles. The van der Waals surface area contributed by atoms with Crippen LogP contribution in [0.25, 0.3) is 11.1 Å². The molecule has 0 bridgehead atoms. The zero-order valence-electron chi connectivity index (χ0n) is 24.7. The Morgan fingerprint density at radius 3 is 2.33 bits per heavy atom. The second-order valence-electron chi connectivity index (χ2n) is 11.7. The molecule has 0 saturated carbocycles. The van der Waals surface area contributed by atoms with Crippen LogP contribution >= 0.6 is 0 Å². The molecule has 2 fully saturated rings. The Labute approximate surface area is 249 Å². The molecule has 4 aliphatic rings. The lowest BCUT2D eigenvalue weighted by Crippen LogP contribution is -2.45. The average molecular weight is 567 g/mol. The first-order valence-electron chi connectivity index (χ1n) is 15.4. The average Bonchev–Trinajstić information content (AvgIpc) is 3.60. The number of likely N-dealkylation sites (N-methyl/N-ethyl adjacent to an activating group) is 1. The lowest BCUT2D eigenvalue weighted by molar-refractivity contribution is -0.128. The Morgan fingerprint density at radius 2 is 1.64 bits per heavy atom. The van der Waals surface area contributed by atoms with Crippen molar-refractivity contribution in [3.8, 4) is 0 Å². The van der Waals surface area contributed by atoms with Gasteiger partial charge in [-0.1, -0.05) is 78.9 Å². The first-order chi connectivity index (χ1) is 20.6. The van der Waals surface area contributed by atoms with Crippen LogP contribution in [0.5, 0.6) is 0 Å². The van der Waals surface area contributed by atoms with E-state index in [0.29, 0.717) is 19.5 Å². The van der Waals surface area contributed by atoms with Crippen LogP contribution in [0.3, 0.4) is 0 Å². The molecule has 2 atom stereocenters. The van der Waals surface area contributed by atoms with E-state index in [1.807, 2.05) is 29.0 Å². The summed E-state index contributed by atoms with van der Waals surface area (Å²) in [4.78, 5) is 35.2. The maximum Gasteiger partial charge on any atom is 0.270 e. The minimum Gasteiger partial charge on any atom is -0.379 e. The third-order valence-electron chi connectivity index (χ3n) is 9.03. The number of benzene rings is 2. The molecule has 0 radical (unpaired) electrons. The number of nitrogens with zero attached hydrogens (tertiary/aromatic N) is 4. The molecular weight excluding hydrogens is 524 g/mol. The molecule has 7 nitrogen and oxygen atoms in total. The van der Waals surface area contributed by atoms with Gasteiger partial charge in [-0.25, -0.2) is 0 Å². The van der Waals surface area contributed by atoms with Gasteiger partial charge in [0.15, 0.2) is 0 Å². The quantitative estimate of drug-likeness (QED) is 0.433. The summed E-state index contributed by atoms with van der Waals surface area (Å²) >= 11 is 0. The number of carbonyl (C=O) groups is 2. The van der Waals surface area contributed by atoms with Gasteiger partial charge in [-0.05, 0) is 35.1 Å². The number of amides is 2. The minimum absolute atomic E-state index is 0.0565. The van der Waals surface area contributed by atoms with Crippen LogP contribution in [0.4, 0.5) is 0 Å². The fourth-order valence-corrected chi connectivity index (χ4v) is 6.75. The summed E-state index contributed by atoms with van der Waals surface area (Å²) in [5, 5.41) is 0. The number of rotatable bonds is 10. The van der Waals surface area contributed by atoms with Crippen LogP contribution in [0, 0.1) is 5.92 Å². The Kier molecular flexibility index (Phi) is 8.87. The zero-order valence-corrected chi connectivity index (χ0v) is 24.7. The Bertz CT molecular complexity index is 1350. The lowest BCUT2D eigenvalue weighted by Gasteiger charge is -2.35. The van der Waals surface area contributed by atoms with Crippen LogP contribution in [0.15, 0.2) is 84.6 Å². The van der Waals surface area contributed by atoms with Crippen molar-refractivity contribution in [2.75, 3.05) is 66.1 Å². The monoisotopic (exact) mass is 566 g/mol. The van der Waals surface area contributed by atoms with Gasteiger partial charge in [0.1, 0.15) is 5.70 Å². The molecule has 0 spiro atoms. The molecule has 2 amide bonds. The second kappa shape index (κ2) is 13.1. The SMILES string of the molecule is CN(CCCN1CCCC1=O)C(=O)C1=C(c2ccccc2)C2C=C(c3ccccc3)C=CC2N1CCN1CCOCC1. The number of allylic oxidation sites excluding steroid dienone is 2. The van der Waals surface area contributed by atoms with Crippen LogP contribution in [0.2, 0.25) is 0 Å². The van der Waals surface area contributed by atoms with Crippen LogP contribution in [-0.4, -0.2) is 104 Å². The first-order valence-corrected chi connectivity index (χ1v) is 15.4. The highest BCUT2D eigenvalue weighted by Gasteiger charge is 2.43. The van der Waals surface area contributed by atoms with E-state index < -0.39 is 0 Å². The number of hydrogen-bond acceptors (Lipinski definition) is 5. The first kappa shape index (κ1) is 28.4. The largest absolute Gasteiger partial charge is 0.379 e. The van der Waals surface area contributed by atoms with Crippen molar-refractivity contribution in [2.24, 2.45) is 5.92 Å². The van der Waals surface area contributed by atoms with E-state index in [2.05, 4.69) is 76.6 Å². The summed E-state index contributed by atoms with van der Waals surface area (Å²) in [6.45, 7) is 7.17. The number of morpholine rings is 1. The summed E-state index contributed by atoms with van der Waals surface area (Å²) in [5.41, 5.74) is 5.38. The molecule has 2 aromatic carbocycles. The minimum atomic E-state index is 0.0565. The summed E-state index contributed by atoms with van der Waals surface area (Å²) in [5.74, 6) is 0.355. The van der Waals surface area contributed by atoms with Crippen molar-refractivity contribution < 1.29 is 14.3 Å². The number of fused-ring (bicyclic) bond motifs is 1. The van der Waals surface area contributed by atoms with E-state index >= 15 is 0 Å². The lowest BCUT2D eigenvalue weighted by atomic mass is 9.83. The fourth-order valence-electron chi connectivity index (χ4n) is 6.75. The Balaban J connectivity index is 1.33. The van der Waals surface area contributed by atoms with Gasteiger partial charge in [-0.2, -0.15) is 0 Å². The van der Waals surface area contributed by atoms with Crippen LogP contribution in [-0.2, 0) is 14.3 Å². The van der Waals surface area contributed by atoms with Crippen molar-refractivity contribution in [3.63, 3.8) is 0 Å². The molecule has 0 N–H and O–H groups in total. The molecule has 0 aromatic heterocycles. The maximum absolute atomic E-state index is 14.4. The van der Waals surface area contributed by atoms with Gasteiger partial charge >= 0.3 is 0 Å². The zero-order chi connectivity index (χ0) is 28.9. The molecule has 1 aliphatic carbocycles. The smallest absolute Gasteiger partial charge is 0.270 e. The van der Waals surface area contributed by atoms with Gasteiger partial charge in [0.2, 0.25) is 5.91 Å². The molecule has 7 heteroatoms. The topological polar surface area (TPSA) is 56.3 Å². The molecule has 220 valence electrons. The highest BCUT2D eigenvalue weighted by molar-refractivity contribution is 6.03. The number of hydrogen-bond donors (Lipinski definition) is 0. The second-order valence-corrected chi connectivity index (χ2v) is 11.7. The standard InChI is InChI=1S/C35H42N4O3/c1-36(17-9-19-38-18-8-14-32(38)40)35(41)34-33(28-12-6-3-7-13-28)30-26-29(27-10-4-2-5-11-27)15-16-31(30)39(34)21-20-37-22-24-42-25-23-37/h2-7,10-13,15-16,26,30-31H,8-9,14,17-25H2,1H3. The van der Waals surface area contributed by atoms with Crippen LogP contribution in [0.1, 0.15) is 30.4 Å². The number of carbonyl (C=O) groups excluding carboxylic acids is 2. The third-order valence-corrected chi connectivity index (χ3v) is 9.03. The summed E-state index contributed by atoms with van der Waals surface area (Å²) in [7, 11) is 1.91. The van der Waals surface area contributed by atoms with E-state index in [1.165, 1.54) is 11.1 Å². The molecule has 42 heavy (non-hydrogen) atoms. The van der Waals surface area contributed by atoms with Crippen molar-refractivity contribution >= 4 is 23.0 Å². The van der Waals surface area contributed by atoms with Gasteiger partial charge in [-0.15, -0.1) is 0 Å². The summed E-state index contributed by atoms with van der Waals surface area (Å²) < 4.78 is 5.59. The van der Waals surface area contributed by atoms with Crippen LogP contribution < -0.4 is 0 Å². The number of likely N-dealkylation sites (tertiary alicyclic amines) is 1. The van der Waals surface area contributed by atoms with Crippen molar-refractivity contribution in [2.45, 2.75) is 25.3 Å². The van der Waals surface area contributed by atoms with E-state index in [4.69, 9.17) is 4.74 Å².